The molecule has 160 valence electrons. The topological polar surface area (TPSA) is 88.9 Å². The van der Waals surface area contributed by atoms with Gasteiger partial charge in [0.15, 0.2) is 5.82 Å². The van der Waals surface area contributed by atoms with Gasteiger partial charge in [-0.3, -0.25) is 9.59 Å². The first-order valence-electron chi connectivity index (χ1n) is 10.5. The number of fused-ring (bicyclic) bond motifs is 1. The summed E-state index contributed by atoms with van der Waals surface area (Å²) in [5.74, 6) is 1.52. The van der Waals surface area contributed by atoms with E-state index < -0.39 is 0 Å². The first kappa shape index (κ1) is 21.1. The Labute approximate surface area is 185 Å². The molecule has 1 aromatic heterocycles. The standard InChI is InChI=1S/C23H24ClN5O2/c24-18-9-5-17(6-10-18)23(31)25-14-13-21(30)26-19-11-7-16(8-12-19)22-28-27-20-4-2-1-3-15-29(20)22/h5-12H,1-4,13-15H2,(H,25,31)(H,26,30). The average molecular weight is 438 g/mol. The number of hydrogen-bond acceptors (Lipinski definition) is 4. The summed E-state index contributed by atoms with van der Waals surface area (Å²) in [5.41, 5.74) is 2.19. The van der Waals surface area contributed by atoms with Gasteiger partial charge in [-0.05, 0) is 61.4 Å². The van der Waals surface area contributed by atoms with Crippen molar-refractivity contribution >= 4 is 29.1 Å². The third-order valence-corrected chi connectivity index (χ3v) is 5.53. The van der Waals surface area contributed by atoms with E-state index in [9.17, 15) is 9.59 Å². The van der Waals surface area contributed by atoms with E-state index in [-0.39, 0.29) is 24.8 Å². The zero-order valence-electron chi connectivity index (χ0n) is 17.1. The lowest BCUT2D eigenvalue weighted by Crippen LogP contribution is -2.27. The van der Waals surface area contributed by atoms with Gasteiger partial charge in [-0.1, -0.05) is 18.0 Å². The van der Waals surface area contributed by atoms with E-state index >= 15 is 0 Å². The van der Waals surface area contributed by atoms with Crippen LogP contribution in [0, 0.1) is 0 Å². The van der Waals surface area contributed by atoms with E-state index in [0.29, 0.717) is 16.3 Å². The van der Waals surface area contributed by atoms with E-state index in [1.165, 1.54) is 6.42 Å². The minimum Gasteiger partial charge on any atom is -0.352 e. The third-order valence-electron chi connectivity index (χ3n) is 5.28. The summed E-state index contributed by atoms with van der Waals surface area (Å²) >= 11 is 5.82. The van der Waals surface area contributed by atoms with Gasteiger partial charge in [0.25, 0.3) is 5.91 Å². The van der Waals surface area contributed by atoms with Crippen molar-refractivity contribution < 1.29 is 9.59 Å². The maximum Gasteiger partial charge on any atom is 0.251 e. The first-order chi connectivity index (χ1) is 15.1. The molecule has 31 heavy (non-hydrogen) atoms. The molecule has 8 heteroatoms. The van der Waals surface area contributed by atoms with Crippen molar-refractivity contribution in [2.45, 2.75) is 38.6 Å². The van der Waals surface area contributed by atoms with Crippen molar-refractivity contribution in [1.82, 2.24) is 20.1 Å². The molecule has 2 amide bonds. The summed E-state index contributed by atoms with van der Waals surface area (Å²) in [6.07, 6.45) is 4.66. The van der Waals surface area contributed by atoms with Gasteiger partial charge in [0, 0.05) is 47.8 Å². The molecule has 0 aliphatic carbocycles. The van der Waals surface area contributed by atoms with Crippen molar-refractivity contribution in [3.05, 3.63) is 64.9 Å². The van der Waals surface area contributed by atoms with E-state index in [4.69, 9.17) is 11.6 Å². The molecule has 0 saturated heterocycles. The quantitative estimate of drug-likeness (QED) is 0.608. The fourth-order valence-electron chi connectivity index (χ4n) is 3.62. The fraction of sp³-hybridized carbons (Fsp3) is 0.304. The second-order valence-electron chi connectivity index (χ2n) is 7.54. The maximum absolute atomic E-state index is 12.2. The third kappa shape index (κ3) is 5.30. The summed E-state index contributed by atoms with van der Waals surface area (Å²) in [6.45, 7) is 1.19. The van der Waals surface area contributed by atoms with Crippen LogP contribution in [0.25, 0.3) is 11.4 Å². The molecule has 0 unspecified atom stereocenters. The lowest BCUT2D eigenvalue weighted by atomic mass is 10.2. The van der Waals surface area contributed by atoms with Gasteiger partial charge in [-0.25, -0.2) is 0 Å². The highest BCUT2D eigenvalue weighted by atomic mass is 35.5. The number of carbonyl (C=O) groups excluding carboxylic acids is 2. The van der Waals surface area contributed by atoms with Crippen LogP contribution in [0.4, 0.5) is 5.69 Å². The molecule has 0 bridgehead atoms. The molecule has 7 nitrogen and oxygen atoms in total. The number of anilines is 1. The smallest absolute Gasteiger partial charge is 0.251 e. The van der Waals surface area contributed by atoms with E-state index in [0.717, 1.165) is 43.0 Å². The number of amides is 2. The summed E-state index contributed by atoms with van der Waals surface area (Å²) in [4.78, 5) is 24.3. The van der Waals surface area contributed by atoms with Crippen LogP contribution in [0.1, 0.15) is 41.9 Å². The highest BCUT2D eigenvalue weighted by Crippen LogP contribution is 2.24. The highest BCUT2D eigenvalue weighted by Gasteiger charge is 2.16. The van der Waals surface area contributed by atoms with Crippen LogP contribution in [-0.2, 0) is 17.8 Å². The predicted octanol–water partition coefficient (Wildman–Crippen LogP) is 4.08. The minimum atomic E-state index is -0.235. The summed E-state index contributed by atoms with van der Waals surface area (Å²) in [7, 11) is 0. The zero-order chi connectivity index (χ0) is 21.6. The number of nitrogens with one attached hydrogen (secondary N) is 2. The average Bonchev–Trinajstić information content (AvgIpc) is 3.02. The van der Waals surface area contributed by atoms with Crippen molar-refractivity contribution in [2.75, 3.05) is 11.9 Å². The van der Waals surface area contributed by atoms with E-state index in [1.54, 1.807) is 24.3 Å². The fourth-order valence-corrected chi connectivity index (χ4v) is 3.74. The molecule has 2 heterocycles. The summed E-state index contributed by atoms with van der Waals surface area (Å²) < 4.78 is 2.20. The minimum absolute atomic E-state index is 0.166. The van der Waals surface area contributed by atoms with Gasteiger partial charge in [0.1, 0.15) is 5.82 Å². The van der Waals surface area contributed by atoms with Gasteiger partial charge in [-0.15, -0.1) is 10.2 Å². The Bertz CT molecular complexity index is 1060. The predicted molar refractivity (Wildman–Crippen MR) is 120 cm³/mol. The molecule has 2 N–H and O–H groups in total. The van der Waals surface area contributed by atoms with Crippen LogP contribution < -0.4 is 10.6 Å². The van der Waals surface area contributed by atoms with Crippen LogP contribution in [0.15, 0.2) is 48.5 Å². The SMILES string of the molecule is O=C(CCNC(=O)c1ccc(Cl)cc1)Nc1ccc(-c2nnc3n2CCCCC3)cc1. The van der Waals surface area contributed by atoms with Crippen molar-refractivity contribution in [2.24, 2.45) is 0 Å². The summed E-state index contributed by atoms with van der Waals surface area (Å²) in [5, 5.41) is 14.9. The van der Waals surface area contributed by atoms with Gasteiger partial charge < -0.3 is 15.2 Å². The van der Waals surface area contributed by atoms with Crippen molar-refractivity contribution in [1.29, 1.82) is 0 Å². The number of nitrogens with zero attached hydrogens (tertiary/aromatic N) is 3. The molecule has 0 spiro atoms. The number of aryl methyl sites for hydroxylation is 1. The number of carbonyl (C=O) groups is 2. The molecular weight excluding hydrogens is 414 g/mol. The normalized spacial score (nSPS) is 13.2. The molecule has 0 atom stereocenters. The first-order valence-corrected chi connectivity index (χ1v) is 10.8. The number of rotatable bonds is 6. The monoisotopic (exact) mass is 437 g/mol. The molecule has 3 aromatic rings. The van der Waals surface area contributed by atoms with Gasteiger partial charge in [-0.2, -0.15) is 0 Å². The molecule has 1 aliphatic rings. The van der Waals surface area contributed by atoms with Gasteiger partial charge in [0.2, 0.25) is 5.91 Å². The van der Waals surface area contributed by atoms with Gasteiger partial charge in [0.05, 0.1) is 0 Å². The molecule has 1 aliphatic heterocycles. The molecule has 0 fully saturated rings. The second-order valence-corrected chi connectivity index (χ2v) is 7.98. The lowest BCUT2D eigenvalue weighted by molar-refractivity contribution is -0.116. The van der Waals surface area contributed by atoms with Crippen LogP contribution in [0.2, 0.25) is 5.02 Å². The second kappa shape index (κ2) is 9.75. The van der Waals surface area contributed by atoms with Gasteiger partial charge >= 0.3 is 0 Å². The maximum atomic E-state index is 12.2. The van der Waals surface area contributed by atoms with Crippen molar-refractivity contribution in [3.8, 4) is 11.4 Å². The largest absolute Gasteiger partial charge is 0.352 e. The molecule has 2 aromatic carbocycles. The Hall–Kier alpha value is -3.19. The molecule has 4 rings (SSSR count). The van der Waals surface area contributed by atoms with E-state index in [2.05, 4.69) is 25.4 Å². The Balaban J connectivity index is 1.29. The van der Waals surface area contributed by atoms with Crippen LogP contribution in [-0.4, -0.2) is 33.1 Å². The molecule has 0 saturated carbocycles. The van der Waals surface area contributed by atoms with Crippen LogP contribution in [0.5, 0.6) is 0 Å². The Morgan fingerprint density at radius 1 is 0.968 bits per heavy atom. The summed E-state index contributed by atoms with van der Waals surface area (Å²) in [6, 6.07) is 14.2. The Morgan fingerprint density at radius 3 is 2.52 bits per heavy atom. The number of benzene rings is 2. The number of hydrogen-bond donors (Lipinski definition) is 2. The van der Waals surface area contributed by atoms with Crippen LogP contribution >= 0.6 is 11.6 Å². The zero-order valence-corrected chi connectivity index (χ0v) is 17.9. The number of halogens is 1. The lowest BCUT2D eigenvalue weighted by Gasteiger charge is -2.09. The molecule has 0 radical (unpaired) electrons. The number of aromatic nitrogens is 3. The highest BCUT2D eigenvalue weighted by molar-refractivity contribution is 6.30. The van der Waals surface area contributed by atoms with Crippen molar-refractivity contribution in [3.63, 3.8) is 0 Å². The Morgan fingerprint density at radius 2 is 1.74 bits per heavy atom. The van der Waals surface area contributed by atoms with E-state index in [1.807, 2.05) is 24.3 Å². The Kier molecular flexibility index (Phi) is 6.62. The molecular formula is C23H24ClN5O2. The van der Waals surface area contributed by atoms with Crippen LogP contribution in [0.3, 0.4) is 0 Å².